The Morgan fingerprint density at radius 3 is 2.61 bits per heavy atom. The van der Waals surface area contributed by atoms with Gasteiger partial charge in [-0.3, -0.25) is 14.4 Å². The molecule has 3 rings (SSSR count). The van der Waals surface area contributed by atoms with Gasteiger partial charge < -0.3 is 10.6 Å². The molecule has 0 aromatic heterocycles. The van der Waals surface area contributed by atoms with E-state index in [2.05, 4.69) is 21.2 Å². The highest BCUT2D eigenvalue weighted by Crippen LogP contribution is 2.31. The van der Waals surface area contributed by atoms with E-state index in [0.29, 0.717) is 0 Å². The van der Waals surface area contributed by atoms with Gasteiger partial charge in [-0.25, -0.2) is 5.43 Å². The average molecular weight is 471 g/mol. The molecule has 31 heavy (non-hydrogen) atoms. The fraction of sp³-hybridized carbons (Fsp3) is 0.158. The van der Waals surface area contributed by atoms with Gasteiger partial charge in [-0.1, -0.05) is 41.6 Å². The van der Waals surface area contributed by atoms with Gasteiger partial charge >= 0.3 is 6.18 Å². The molecule has 1 heterocycles. The molecule has 3 N–H and O–H groups in total. The Bertz CT molecular complexity index is 1060. The number of hydrogen-bond donors (Lipinski definition) is 3. The van der Waals surface area contributed by atoms with Crippen molar-refractivity contribution in [3.05, 3.63) is 64.7 Å². The summed E-state index contributed by atoms with van der Waals surface area (Å²) in [5.74, 6) is -1.83. The van der Waals surface area contributed by atoms with Crippen LogP contribution in [0.3, 0.4) is 0 Å². The van der Waals surface area contributed by atoms with Crippen LogP contribution in [-0.4, -0.2) is 28.1 Å². The predicted molar refractivity (Wildman–Crippen MR) is 111 cm³/mol. The fourth-order valence-corrected chi connectivity index (χ4v) is 3.71. The molecule has 1 saturated heterocycles. The van der Waals surface area contributed by atoms with E-state index < -0.39 is 34.7 Å². The lowest BCUT2D eigenvalue weighted by Crippen LogP contribution is -2.42. The molecule has 3 amide bonds. The molecule has 12 heteroatoms. The molecule has 1 fully saturated rings. The van der Waals surface area contributed by atoms with Crippen molar-refractivity contribution in [1.82, 2.24) is 10.7 Å². The van der Waals surface area contributed by atoms with E-state index in [9.17, 15) is 27.6 Å². The third-order valence-electron chi connectivity index (χ3n) is 4.00. The molecule has 2 aromatic rings. The summed E-state index contributed by atoms with van der Waals surface area (Å²) in [5.41, 5.74) is 1.43. The number of rotatable bonds is 4. The second-order valence-electron chi connectivity index (χ2n) is 6.26. The Balaban J connectivity index is 1.67. The minimum absolute atomic E-state index is 0.0409. The van der Waals surface area contributed by atoms with Gasteiger partial charge in [0.1, 0.15) is 5.25 Å². The van der Waals surface area contributed by atoms with Crippen LogP contribution in [0.1, 0.15) is 22.3 Å². The first-order valence-corrected chi connectivity index (χ1v) is 9.96. The van der Waals surface area contributed by atoms with Gasteiger partial charge in [0, 0.05) is 12.1 Å². The van der Waals surface area contributed by atoms with E-state index in [1.165, 1.54) is 18.2 Å². The third kappa shape index (κ3) is 5.98. The predicted octanol–water partition coefficient (Wildman–Crippen LogP) is 3.62. The number of nitrogens with zero attached hydrogens (tertiary/aromatic N) is 1. The van der Waals surface area contributed by atoms with Crippen LogP contribution in [0, 0.1) is 0 Å². The molecular weight excluding hydrogens is 457 g/mol. The molecule has 0 aliphatic carbocycles. The second kappa shape index (κ2) is 9.40. The molecule has 0 bridgehead atoms. The standard InChI is InChI=1S/C19H14ClF3N4O3S/c20-13-7-2-1-6-12(13)16(29)26-27-18-25-15(28)9-14(31-18)17(30)24-11-5-3-4-10(8-11)19(21,22)23/h1-8,14H,9H2,(H,24,30)(H,26,29)(H,25,27,28). The van der Waals surface area contributed by atoms with Gasteiger partial charge in [-0.2, -0.15) is 13.2 Å². The first kappa shape index (κ1) is 22.6. The zero-order valence-corrected chi connectivity index (χ0v) is 17.1. The van der Waals surface area contributed by atoms with Crippen LogP contribution in [0.2, 0.25) is 5.02 Å². The highest BCUT2D eigenvalue weighted by atomic mass is 35.5. The summed E-state index contributed by atoms with van der Waals surface area (Å²) >= 11 is 6.79. The highest BCUT2D eigenvalue weighted by Gasteiger charge is 2.32. The number of amides is 3. The molecule has 0 saturated carbocycles. The largest absolute Gasteiger partial charge is 0.416 e. The van der Waals surface area contributed by atoms with Gasteiger partial charge in [0.2, 0.25) is 11.8 Å². The zero-order chi connectivity index (χ0) is 22.6. The van der Waals surface area contributed by atoms with Gasteiger partial charge in [0.15, 0.2) is 5.17 Å². The lowest BCUT2D eigenvalue weighted by molar-refractivity contribution is -0.137. The monoisotopic (exact) mass is 470 g/mol. The van der Waals surface area contributed by atoms with Gasteiger partial charge in [-0.15, -0.1) is 5.10 Å². The lowest BCUT2D eigenvalue weighted by Gasteiger charge is -2.22. The Morgan fingerprint density at radius 1 is 1.16 bits per heavy atom. The summed E-state index contributed by atoms with van der Waals surface area (Å²) in [7, 11) is 0. The minimum Gasteiger partial charge on any atom is -0.325 e. The number of thioether (sulfide) groups is 1. The summed E-state index contributed by atoms with van der Waals surface area (Å²) in [6.07, 6.45) is -4.77. The van der Waals surface area contributed by atoms with E-state index in [4.69, 9.17) is 11.6 Å². The molecule has 7 nitrogen and oxygen atoms in total. The van der Waals surface area contributed by atoms with Crippen molar-refractivity contribution in [3.63, 3.8) is 0 Å². The summed E-state index contributed by atoms with van der Waals surface area (Å²) in [6.45, 7) is 0. The smallest absolute Gasteiger partial charge is 0.325 e. The minimum atomic E-state index is -4.56. The molecular formula is C19H14ClF3N4O3S. The average Bonchev–Trinajstić information content (AvgIpc) is 2.71. The van der Waals surface area contributed by atoms with Crippen LogP contribution in [-0.2, 0) is 15.8 Å². The van der Waals surface area contributed by atoms with Crippen molar-refractivity contribution in [2.75, 3.05) is 5.32 Å². The highest BCUT2D eigenvalue weighted by molar-refractivity contribution is 8.15. The van der Waals surface area contributed by atoms with Crippen molar-refractivity contribution < 1.29 is 27.6 Å². The fourth-order valence-electron chi connectivity index (χ4n) is 2.55. The van der Waals surface area contributed by atoms with Crippen LogP contribution >= 0.6 is 23.4 Å². The maximum Gasteiger partial charge on any atom is 0.416 e. The maximum absolute atomic E-state index is 12.8. The Morgan fingerprint density at radius 2 is 1.90 bits per heavy atom. The van der Waals surface area contributed by atoms with Crippen molar-refractivity contribution in [3.8, 4) is 0 Å². The molecule has 1 aliphatic rings. The topological polar surface area (TPSA) is 99.7 Å². The summed E-state index contributed by atoms with van der Waals surface area (Å²) < 4.78 is 38.5. The van der Waals surface area contributed by atoms with E-state index >= 15 is 0 Å². The lowest BCUT2D eigenvalue weighted by atomic mass is 10.2. The number of halogens is 4. The molecule has 162 valence electrons. The second-order valence-corrected chi connectivity index (χ2v) is 7.86. The van der Waals surface area contributed by atoms with Crippen LogP contribution in [0.5, 0.6) is 0 Å². The number of alkyl halides is 3. The van der Waals surface area contributed by atoms with Gasteiger partial charge in [0.05, 0.1) is 16.1 Å². The Kier molecular flexibility index (Phi) is 6.86. The number of carbonyl (C=O) groups is 3. The number of carbonyl (C=O) groups excluding carboxylic acids is 3. The number of benzene rings is 2. The van der Waals surface area contributed by atoms with E-state index in [1.54, 1.807) is 12.1 Å². The number of anilines is 1. The number of hydrogen-bond acceptors (Lipinski definition) is 5. The maximum atomic E-state index is 12.8. The van der Waals surface area contributed by atoms with Crippen LogP contribution in [0.15, 0.2) is 53.6 Å². The van der Waals surface area contributed by atoms with Crippen molar-refractivity contribution in [2.24, 2.45) is 5.10 Å². The van der Waals surface area contributed by atoms with Gasteiger partial charge in [0.25, 0.3) is 5.91 Å². The SMILES string of the molecule is O=C1CC(C(=O)Nc2cccc(C(F)(F)F)c2)S/C(=N\NC(=O)c2ccccc2Cl)N1. The molecule has 1 atom stereocenters. The third-order valence-corrected chi connectivity index (χ3v) is 5.41. The molecule has 2 aromatic carbocycles. The van der Waals surface area contributed by atoms with Crippen molar-refractivity contribution in [1.29, 1.82) is 0 Å². The van der Waals surface area contributed by atoms with Crippen LogP contribution < -0.4 is 16.1 Å². The van der Waals surface area contributed by atoms with E-state index in [1.807, 2.05) is 0 Å². The van der Waals surface area contributed by atoms with Crippen molar-refractivity contribution in [2.45, 2.75) is 17.8 Å². The number of amidine groups is 1. The number of nitrogens with one attached hydrogen (secondary N) is 3. The first-order valence-electron chi connectivity index (χ1n) is 8.70. The molecule has 0 spiro atoms. The van der Waals surface area contributed by atoms with E-state index in [0.717, 1.165) is 30.0 Å². The summed E-state index contributed by atoms with van der Waals surface area (Å²) in [5, 5.41) is 7.78. The Labute approximate surface area is 183 Å². The van der Waals surface area contributed by atoms with Crippen LogP contribution in [0.4, 0.5) is 18.9 Å². The van der Waals surface area contributed by atoms with Crippen molar-refractivity contribution >= 4 is 51.9 Å². The Hall–Kier alpha value is -3.05. The van der Waals surface area contributed by atoms with E-state index in [-0.39, 0.29) is 27.9 Å². The molecule has 1 aliphatic heterocycles. The normalized spacial score (nSPS) is 17.7. The van der Waals surface area contributed by atoms with Gasteiger partial charge in [-0.05, 0) is 30.3 Å². The zero-order valence-electron chi connectivity index (χ0n) is 15.5. The molecule has 0 radical (unpaired) electrons. The number of hydrazone groups is 1. The van der Waals surface area contributed by atoms with Crippen LogP contribution in [0.25, 0.3) is 0 Å². The quantitative estimate of drug-likeness (QED) is 0.594. The molecule has 1 unspecified atom stereocenters. The first-order chi connectivity index (χ1) is 14.6. The summed E-state index contributed by atoms with van der Waals surface area (Å²) in [4.78, 5) is 36.6. The summed E-state index contributed by atoms with van der Waals surface area (Å²) in [6, 6.07) is 10.4.